The van der Waals surface area contributed by atoms with Gasteiger partial charge in [0.05, 0.1) is 18.1 Å². The molecule has 0 saturated heterocycles. The third-order valence-electron chi connectivity index (χ3n) is 3.41. The number of benzene rings is 1. The second kappa shape index (κ2) is 5.44. The Morgan fingerprint density at radius 3 is 2.86 bits per heavy atom. The van der Waals surface area contributed by atoms with Crippen LogP contribution in [-0.4, -0.2) is 12.3 Å². The Hall–Kier alpha value is -2.56. The summed E-state index contributed by atoms with van der Waals surface area (Å²) < 4.78 is 15.7. The van der Waals surface area contributed by atoms with Gasteiger partial charge >= 0.3 is 0 Å². The number of hydrogen-bond donors (Lipinski definition) is 0. The van der Waals surface area contributed by atoms with Gasteiger partial charge in [-0.1, -0.05) is 18.5 Å². The molecule has 0 atom stereocenters. The Morgan fingerprint density at radius 2 is 2.19 bits per heavy atom. The van der Waals surface area contributed by atoms with E-state index >= 15 is 0 Å². The van der Waals surface area contributed by atoms with Crippen molar-refractivity contribution in [2.24, 2.45) is 0 Å². The average Bonchev–Trinajstić information content (AvgIpc) is 3.02. The summed E-state index contributed by atoms with van der Waals surface area (Å²) in [5.41, 5.74) is 2.24. The Kier molecular flexibility index (Phi) is 3.48. The van der Waals surface area contributed by atoms with Crippen molar-refractivity contribution in [2.75, 3.05) is 7.11 Å². The minimum atomic E-state index is -0.120. The Labute approximate surface area is 121 Å². The second-order valence-corrected chi connectivity index (χ2v) is 4.77. The Balaban J connectivity index is 2.25. The fraction of sp³-hybridized carbons (Fsp3) is 0.250. The first-order valence-corrected chi connectivity index (χ1v) is 6.77. The summed E-state index contributed by atoms with van der Waals surface area (Å²) in [5, 5.41) is 4.31. The predicted octanol–water partition coefficient (Wildman–Crippen LogP) is 3.41. The first-order valence-electron chi connectivity index (χ1n) is 6.77. The maximum atomic E-state index is 12.6. The van der Waals surface area contributed by atoms with Crippen LogP contribution in [0.4, 0.5) is 0 Å². The van der Waals surface area contributed by atoms with E-state index in [0.29, 0.717) is 22.2 Å². The molecule has 0 radical (unpaired) electrons. The zero-order valence-corrected chi connectivity index (χ0v) is 11.9. The molecule has 2 heterocycles. The summed E-state index contributed by atoms with van der Waals surface area (Å²) in [6.07, 6.45) is 4.64. The number of methoxy groups -OCH3 is 1. The molecule has 5 heteroatoms. The monoisotopic (exact) mass is 285 g/mol. The summed E-state index contributed by atoms with van der Waals surface area (Å²) in [7, 11) is 1.61. The number of nitrogens with zero attached hydrogens (tertiary/aromatic N) is 1. The lowest BCUT2D eigenvalue weighted by Gasteiger charge is -2.09. The molecule has 3 rings (SSSR count). The van der Waals surface area contributed by atoms with Crippen LogP contribution in [0.15, 0.2) is 44.5 Å². The van der Waals surface area contributed by atoms with Crippen LogP contribution in [0.2, 0.25) is 0 Å². The molecule has 0 amide bonds. The van der Waals surface area contributed by atoms with Gasteiger partial charge in [0.1, 0.15) is 29.6 Å². The second-order valence-electron chi connectivity index (χ2n) is 4.77. The highest BCUT2D eigenvalue weighted by molar-refractivity contribution is 5.83. The first kappa shape index (κ1) is 13.4. The van der Waals surface area contributed by atoms with Gasteiger partial charge in [0.2, 0.25) is 5.43 Å². The molecule has 1 aromatic carbocycles. The van der Waals surface area contributed by atoms with E-state index in [1.807, 2.05) is 6.07 Å². The van der Waals surface area contributed by atoms with Gasteiger partial charge in [-0.3, -0.25) is 4.79 Å². The topological polar surface area (TPSA) is 65.5 Å². The molecule has 0 aliphatic heterocycles. The molecule has 0 bridgehead atoms. The lowest BCUT2D eigenvalue weighted by molar-refractivity contribution is 0.409. The zero-order valence-electron chi connectivity index (χ0n) is 11.9. The van der Waals surface area contributed by atoms with E-state index in [1.165, 1.54) is 12.5 Å². The Morgan fingerprint density at radius 1 is 1.33 bits per heavy atom. The average molecular weight is 285 g/mol. The molecule has 2 aromatic heterocycles. The smallest absolute Gasteiger partial charge is 0.202 e. The third-order valence-corrected chi connectivity index (χ3v) is 3.41. The number of fused-ring (bicyclic) bond motifs is 1. The Bertz CT molecular complexity index is 818. The van der Waals surface area contributed by atoms with Crippen LogP contribution in [0.5, 0.6) is 5.75 Å². The number of ether oxygens (including phenoxy) is 1. The van der Waals surface area contributed by atoms with Crippen LogP contribution in [-0.2, 0) is 6.42 Å². The first-order chi connectivity index (χ1) is 10.2. The van der Waals surface area contributed by atoms with Gasteiger partial charge in [-0.25, -0.2) is 0 Å². The summed E-state index contributed by atoms with van der Waals surface area (Å²) in [5.74, 6) is 0.738. The normalized spacial score (nSPS) is 11.0. The lowest BCUT2D eigenvalue weighted by Crippen LogP contribution is -2.06. The zero-order chi connectivity index (χ0) is 14.8. The molecule has 0 N–H and O–H groups in total. The molecule has 0 spiro atoms. The number of hydrogen-bond acceptors (Lipinski definition) is 5. The molecule has 0 aliphatic rings. The highest BCUT2D eigenvalue weighted by Crippen LogP contribution is 2.27. The van der Waals surface area contributed by atoms with Crippen molar-refractivity contribution >= 4 is 11.0 Å². The van der Waals surface area contributed by atoms with Gasteiger partial charge in [0, 0.05) is 12.1 Å². The van der Waals surface area contributed by atoms with Crippen molar-refractivity contribution < 1.29 is 13.7 Å². The van der Waals surface area contributed by atoms with E-state index in [2.05, 4.69) is 12.1 Å². The summed E-state index contributed by atoms with van der Waals surface area (Å²) in [6.45, 7) is 2.08. The molecular weight excluding hydrogens is 270 g/mol. The highest BCUT2D eigenvalue weighted by atomic mass is 16.5. The van der Waals surface area contributed by atoms with Crippen molar-refractivity contribution in [1.29, 1.82) is 0 Å². The minimum absolute atomic E-state index is 0.120. The van der Waals surface area contributed by atoms with Gasteiger partial charge in [0.15, 0.2) is 0 Å². The summed E-state index contributed by atoms with van der Waals surface area (Å²) in [4.78, 5) is 12.6. The van der Waals surface area contributed by atoms with Crippen LogP contribution in [0.25, 0.3) is 22.2 Å². The van der Waals surface area contributed by atoms with Crippen molar-refractivity contribution in [2.45, 2.75) is 19.8 Å². The summed E-state index contributed by atoms with van der Waals surface area (Å²) >= 11 is 0. The van der Waals surface area contributed by atoms with E-state index in [9.17, 15) is 4.79 Å². The van der Waals surface area contributed by atoms with Gasteiger partial charge in [0.25, 0.3) is 0 Å². The van der Waals surface area contributed by atoms with Crippen molar-refractivity contribution in [3.8, 4) is 17.0 Å². The molecule has 21 heavy (non-hydrogen) atoms. The van der Waals surface area contributed by atoms with Gasteiger partial charge in [-0.05, 0) is 18.1 Å². The van der Waals surface area contributed by atoms with Crippen LogP contribution in [0.1, 0.15) is 18.9 Å². The SMILES string of the molecule is CCCc1cc2c(=O)c(-c3ccon3)coc2cc1OC. The molecule has 3 aromatic rings. The lowest BCUT2D eigenvalue weighted by atomic mass is 10.0. The quantitative estimate of drug-likeness (QED) is 0.735. The number of aryl methyl sites for hydroxylation is 1. The maximum Gasteiger partial charge on any atom is 0.202 e. The van der Waals surface area contributed by atoms with Crippen LogP contribution < -0.4 is 10.2 Å². The highest BCUT2D eigenvalue weighted by Gasteiger charge is 2.14. The van der Waals surface area contributed by atoms with Crippen molar-refractivity contribution in [1.82, 2.24) is 5.16 Å². The molecular formula is C16H15NO4. The van der Waals surface area contributed by atoms with Gasteiger partial charge < -0.3 is 13.7 Å². The van der Waals surface area contributed by atoms with Gasteiger partial charge in [-0.15, -0.1) is 0 Å². The molecule has 0 saturated carbocycles. The van der Waals surface area contributed by atoms with E-state index in [1.54, 1.807) is 19.2 Å². The molecule has 0 unspecified atom stereocenters. The van der Waals surface area contributed by atoms with E-state index in [0.717, 1.165) is 24.2 Å². The standard InChI is InChI=1S/C16H15NO4/c1-3-4-10-7-11-15(8-14(10)19-2)20-9-12(16(11)18)13-5-6-21-17-13/h5-9H,3-4H2,1-2H3. The molecule has 0 fully saturated rings. The number of rotatable bonds is 4. The predicted molar refractivity (Wildman–Crippen MR) is 78.5 cm³/mol. The van der Waals surface area contributed by atoms with E-state index < -0.39 is 0 Å². The number of aromatic nitrogens is 1. The van der Waals surface area contributed by atoms with Crippen molar-refractivity contribution in [3.05, 3.63) is 46.5 Å². The van der Waals surface area contributed by atoms with Crippen LogP contribution in [0, 0.1) is 0 Å². The molecule has 0 aliphatic carbocycles. The summed E-state index contributed by atoms with van der Waals surface area (Å²) in [6, 6.07) is 5.23. The van der Waals surface area contributed by atoms with Crippen LogP contribution >= 0.6 is 0 Å². The van der Waals surface area contributed by atoms with E-state index in [-0.39, 0.29) is 5.43 Å². The fourth-order valence-electron chi connectivity index (χ4n) is 2.38. The van der Waals surface area contributed by atoms with Gasteiger partial charge in [-0.2, -0.15) is 0 Å². The molecule has 108 valence electrons. The van der Waals surface area contributed by atoms with Crippen LogP contribution in [0.3, 0.4) is 0 Å². The fourth-order valence-corrected chi connectivity index (χ4v) is 2.38. The maximum absolute atomic E-state index is 12.6. The third kappa shape index (κ3) is 2.31. The molecule has 5 nitrogen and oxygen atoms in total. The van der Waals surface area contributed by atoms with Crippen molar-refractivity contribution in [3.63, 3.8) is 0 Å². The van der Waals surface area contributed by atoms with E-state index in [4.69, 9.17) is 13.7 Å². The minimum Gasteiger partial charge on any atom is -0.496 e. The largest absolute Gasteiger partial charge is 0.496 e.